The SMILES string of the molecule is C=C(C)[C@@H]1CC[C@]2(C3(Cl)OC(=O)C3=O)C(Cl)C[C@]3(C)[C@H](CC[C@@H]4[C@@]5(C)CC[C@H](O)C(C)(C)[C@@H]5CC[C@]43C)[C@@H]12. The number of hydrogen-bond acceptors (Lipinski definition) is 4. The van der Waals surface area contributed by atoms with E-state index < -0.39 is 22.2 Å². The highest BCUT2D eigenvalue weighted by atomic mass is 35.5. The zero-order valence-corrected chi connectivity index (χ0v) is 25.6. The second-order valence-corrected chi connectivity index (χ2v) is 16.6. The standard InChI is InChI=1S/C32H46Cl2O4/c1-17(2)18-10-15-31(32(34)25(36)26(37)38-32)22(33)16-30(7)19(24(18)31)8-9-21-28(5)13-12-23(35)27(3,4)20(28)11-14-29(21,30)6/h18-24,35H,1,8-16H2,2-7H3/t18-,19+,20-,21+,22?,23-,24+,28-,29+,30+,31-,32?/m0/s1. The van der Waals surface area contributed by atoms with Crippen LogP contribution in [0.15, 0.2) is 12.2 Å². The van der Waals surface area contributed by atoms with Gasteiger partial charge >= 0.3 is 5.97 Å². The van der Waals surface area contributed by atoms with Crippen LogP contribution in [-0.2, 0) is 14.3 Å². The lowest BCUT2D eigenvalue weighted by molar-refractivity contribution is -0.259. The summed E-state index contributed by atoms with van der Waals surface area (Å²) in [5, 5.41) is 8.96. The van der Waals surface area contributed by atoms with Gasteiger partial charge in [-0.05, 0) is 116 Å². The van der Waals surface area contributed by atoms with Gasteiger partial charge in [0.15, 0.2) is 0 Å². The Hall–Kier alpha value is -0.580. The molecule has 6 heteroatoms. The van der Waals surface area contributed by atoms with Gasteiger partial charge < -0.3 is 9.84 Å². The van der Waals surface area contributed by atoms with Gasteiger partial charge in [0.1, 0.15) is 0 Å². The predicted molar refractivity (Wildman–Crippen MR) is 150 cm³/mol. The van der Waals surface area contributed by atoms with Gasteiger partial charge in [-0.25, -0.2) is 4.79 Å². The summed E-state index contributed by atoms with van der Waals surface area (Å²) in [6, 6.07) is 0. The molecule has 12 atom stereocenters. The van der Waals surface area contributed by atoms with Gasteiger partial charge in [-0.1, -0.05) is 58.4 Å². The first kappa shape index (κ1) is 27.6. The Morgan fingerprint density at radius 2 is 1.63 bits per heavy atom. The van der Waals surface area contributed by atoms with E-state index in [1.165, 1.54) is 0 Å². The van der Waals surface area contributed by atoms with Crippen molar-refractivity contribution < 1.29 is 19.4 Å². The molecule has 0 spiro atoms. The summed E-state index contributed by atoms with van der Waals surface area (Å²) in [6.45, 7) is 18.6. The van der Waals surface area contributed by atoms with E-state index >= 15 is 0 Å². The van der Waals surface area contributed by atoms with Crippen molar-refractivity contribution in [1.29, 1.82) is 0 Å². The van der Waals surface area contributed by atoms with Crippen LogP contribution < -0.4 is 0 Å². The second kappa shape index (κ2) is 8.03. The molecule has 4 nitrogen and oxygen atoms in total. The summed E-state index contributed by atoms with van der Waals surface area (Å²) in [4.78, 5) is 25.1. The van der Waals surface area contributed by atoms with Gasteiger partial charge in [0.25, 0.3) is 10.8 Å². The Balaban J connectivity index is 1.45. The molecule has 38 heavy (non-hydrogen) atoms. The van der Waals surface area contributed by atoms with Crippen LogP contribution in [0.4, 0.5) is 0 Å². The number of cyclic esters (lactones) is 1. The molecular formula is C32H46Cl2O4. The third-order valence-electron chi connectivity index (χ3n) is 14.4. The first-order valence-electron chi connectivity index (χ1n) is 15.0. The fourth-order valence-electron chi connectivity index (χ4n) is 12.3. The van der Waals surface area contributed by atoms with E-state index in [4.69, 9.17) is 27.9 Å². The number of aliphatic hydroxyl groups is 1. The molecule has 0 aromatic carbocycles. The number of carbonyl (C=O) groups excluding carboxylic acids is 2. The van der Waals surface area contributed by atoms with E-state index in [1.807, 2.05) is 0 Å². The molecule has 6 fully saturated rings. The zero-order chi connectivity index (χ0) is 27.8. The Morgan fingerprint density at radius 3 is 2.24 bits per heavy atom. The highest BCUT2D eigenvalue weighted by Crippen LogP contribution is 2.79. The summed E-state index contributed by atoms with van der Waals surface area (Å²) in [6.07, 6.45) is 8.50. The average Bonchev–Trinajstić information content (AvgIpc) is 3.25. The number of alkyl halides is 2. The minimum atomic E-state index is -1.66. The molecule has 0 radical (unpaired) electrons. The maximum Gasteiger partial charge on any atom is 0.382 e. The van der Waals surface area contributed by atoms with Gasteiger partial charge in [0.05, 0.1) is 11.5 Å². The molecule has 0 aromatic heterocycles. The molecule has 1 saturated heterocycles. The molecule has 5 saturated carbocycles. The highest BCUT2D eigenvalue weighted by Gasteiger charge is 2.80. The molecule has 1 N–H and O–H groups in total. The van der Waals surface area contributed by atoms with Gasteiger partial charge in [-0.15, -0.1) is 11.6 Å². The van der Waals surface area contributed by atoms with Crippen LogP contribution >= 0.6 is 23.2 Å². The first-order chi connectivity index (χ1) is 17.5. The van der Waals surface area contributed by atoms with Crippen LogP contribution in [0.25, 0.3) is 0 Å². The van der Waals surface area contributed by atoms with Crippen molar-refractivity contribution in [2.45, 2.75) is 116 Å². The topological polar surface area (TPSA) is 63.6 Å². The van der Waals surface area contributed by atoms with Gasteiger partial charge in [0, 0.05) is 5.38 Å². The molecule has 1 heterocycles. The fourth-order valence-corrected chi connectivity index (χ4v) is 13.6. The van der Waals surface area contributed by atoms with E-state index in [2.05, 4.69) is 48.1 Å². The van der Waals surface area contributed by atoms with Crippen molar-refractivity contribution in [2.24, 2.45) is 56.7 Å². The number of ketones is 1. The van der Waals surface area contributed by atoms with E-state index in [0.717, 1.165) is 56.9 Å². The summed E-state index contributed by atoms with van der Waals surface area (Å²) in [5.41, 5.74) is 0.494. The predicted octanol–water partition coefficient (Wildman–Crippen LogP) is 7.28. The first-order valence-corrected chi connectivity index (χ1v) is 15.8. The van der Waals surface area contributed by atoms with Crippen LogP contribution in [-0.4, -0.2) is 33.4 Å². The third kappa shape index (κ3) is 2.89. The number of aliphatic hydroxyl groups excluding tert-OH is 1. The third-order valence-corrected chi connectivity index (χ3v) is 15.5. The summed E-state index contributed by atoms with van der Waals surface area (Å²) >= 11 is 14.6. The van der Waals surface area contributed by atoms with Crippen molar-refractivity contribution in [2.75, 3.05) is 0 Å². The zero-order valence-electron chi connectivity index (χ0n) is 24.0. The Bertz CT molecular complexity index is 1100. The monoisotopic (exact) mass is 564 g/mol. The molecule has 1 aliphatic heterocycles. The van der Waals surface area contributed by atoms with Gasteiger partial charge in [-0.2, -0.15) is 0 Å². The number of halogens is 2. The van der Waals surface area contributed by atoms with E-state index in [9.17, 15) is 14.7 Å². The molecule has 5 aliphatic carbocycles. The number of ether oxygens (including phenoxy) is 1. The van der Waals surface area contributed by atoms with Crippen molar-refractivity contribution in [3.05, 3.63) is 12.2 Å². The van der Waals surface area contributed by atoms with E-state index in [1.54, 1.807) is 0 Å². The largest absolute Gasteiger partial charge is 0.428 e. The van der Waals surface area contributed by atoms with Gasteiger partial charge in [-0.3, -0.25) is 4.79 Å². The van der Waals surface area contributed by atoms with Crippen LogP contribution in [0, 0.1) is 56.7 Å². The molecule has 6 rings (SSSR count). The van der Waals surface area contributed by atoms with Crippen LogP contribution in [0.1, 0.15) is 99.3 Å². The highest BCUT2D eigenvalue weighted by molar-refractivity contribution is 6.56. The fraction of sp³-hybridized carbons (Fsp3) is 0.875. The number of fused-ring (bicyclic) bond motifs is 7. The smallest absolute Gasteiger partial charge is 0.382 e. The molecule has 2 unspecified atom stereocenters. The van der Waals surface area contributed by atoms with Crippen LogP contribution in [0.5, 0.6) is 0 Å². The molecular weight excluding hydrogens is 519 g/mol. The van der Waals surface area contributed by atoms with E-state index in [0.29, 0.717) is 24.2 Å². The molecule has 212 valence electrons. The minimum absolute atomic E-state index is 0.0349. The number of allylic oxidation sites excluding steroid dienone is 1. The van der Waals surface area contributed by atoms with Crippen LogP contribution in [0.2, 0.25) is 0 Å². The lowest BCUT2D eigenvalue weighted by Gasteiger charge is -2.74. The summed E-state index contributed by atoms with van der Waals surface area (Å²) < 4.78 is 5.58. The Morgan fingerprint density at radius 1 is 0.947 bits per heavy atom. The number of carbonyl (C=O) groups is 2. The number of rotatable bonds is 2. The average molecular weight is 566 g/mol. The van der Waals surface area contributed by atoms with Crippen molar-refractivity contribution >= 4 is 35.0 Å². The summed E-state index contributed by atoms with van der Waals surface area (Å²) in [7, 11) is 0. The molecule has 0 aromatic rings. The Labute approximate surface area is 238 Å². The summed E-state index contributed by atoms with van der Waals surface area (Å²) in [5.74, 6) is 0.205. The van der Waals surface area contributed by atoms with Gasteiger partial charge in [0.2, 0.25) is 0 Å². The molecule has 6 aliphatic rings. The molecule has 0 bridgehead atoms. The lowest BCUT2D eigenvalue weighted by Crippen LogP contribution is -2.74. The van der Waals surface area contributed by atoms with Crippen molar-refractivity contribution in [1.82, 2.24) is 0 Å². The lowest BCUT2D eigenvalue weighted by atomic mass is 9.32. The number of hydrogen-bond donors (Lipinski definition) is 1. The second-order valence-electron chi connectivity index (χ2n) is 15.6. The van der Waals surface area contributed by atoms with Crippen molar-refractivity contribution in [3.63, 3.8) is 0 Å². The normalized spacial score (nSPS) is 57.0. The maximum absolute atomic E-state index is 13.1. The van der Waals surface area contributed by atoms with E-state index in [-0.39, 0.29) is 45.0 Å². The Kier molecular flexibility index (Phi) is 5.83. The maximum atomic E-state index is 13.1. The minimum Gasteiger partial charge on any atom is -0.428 e. The molecule has 0 amide bonds. The quantitative estimate of drug-likeness (QED) is 0.165. The number of Topliss-reactive ketones (excluding diaryl/α,β-unsaturated/α-hetero) is 1. The van der Waals surface area contributed by atoms with Crippen molar-refractivity contribution in [3.8, 4) is 0 Å². The van der Waals surface area contributed by atoms with Crippen LogP contribution in [0.3, 0.4) is 0 Å². The number of esters is 1.